The van der Waals surface area contributed by atoms with E-state index in [9.17, 15) is 0 Å². The Morgan fingerprint density at radius 1 is 1.03 bits per heavy atom. The van der Waals surface area contributed by atoms with Crippen molar-refractivity contribution in [1.82, 2.24) is 15.2 Å². The smallest absolute Gasteiger partial charge is 0.194 e. The predicted octanol–water partition coefficient (Wildman–Crippen LogP) is 3.23. The first-order valence-corrected chi connectivity index (χ1v) is 10.8. The van der Waals surface area contributed by atoms with Crippen molar-refractivity contribution in [1.29, 1.82) is 0 Å². The van der Waals surface area contributed by atoms with Crippen molar-refractivity contribution >= 4 is 29.1 Å². The number of anilines is 2. The third-order valence-electron chi connectivity index (χ3n) is 5.65. The maximum atomic E-state index is 6.14. The Labute approximate surface area is 178 Å². The first kappa shape index (κ1) is 19.8. The highest BCUT2D eigenvalue weighted by molar-refractivity contribution is 6.30. The van der Waals surface area contributed by atoms with E-state index in [1.807, 2.05) is 31.4 Å². The molecular weight excluding hydrogens is 384 g/mol. The van der Waals surface area contributed by atoms with Gasteiger partial charge < -0.3 is 20.0 Å². The molecule has 0 atom stereocenters. The van der Waals surface area contributed by atoms with E-state index < -0.39 is 0 Å². The zero-order valence-electron chi connectivity index (χ0n) is 17.0. The van der Waals surface area contributed by atoms with Gasteiger partial charge in [0, 0.05) is 69.8 Å². The topological polar surface area (TPSA) is 47.0 Å². The molecule has 6 nitrogen and oxygen atoms in total. The van der Waals surface area contributed by atoms with Crippen LogP contribution in [0.3, 0.4) is 0 Å². The summed E-state index contributed by atoms with van der Waals surface area (Å²) in [5, 5.41) is 4.27. The average Bonchev–Trinajstić information content (AvgIpc) is 3.30. The van der Waals surface area contributed by atoms with Gasteiger partial charge in [-0.2, -0.15) is 0 Å². The van der Waals surface area contributed by atoms with Gasteiger partial charge in [0.15, 0.2) is 5.96 Å². The minimum absolute atomic E-state index is 0.731. The van der Waals surface area contributed by atoms with Crippen LogP contribution in [0.1, 0.15) is 18.4 Å². The third-order valence-corrected chi connectivity index (χ3v) is 5.89. The first-order chi connectivity index (χ1) is 14.2. The molecular formula is C22H29ClN6. The highest BCUT2D eigenvalue weighted by Crippen LogP contribution is 2.21. The van der Waals surface area contributed by atoms with Gasteiger partial charge in [-0.25, -0.2) is 4.98 Å². The lowest BCUT2D eigenvalue weighted by Gasteiger charge is -2.37. The van der Waals surface area contributed by atoms with E-state index in [1.165, 1.54) is 24.1 Å². The Kier molecular flexibility index (Phi) is 6.39. The van der Waals surface area contributed by atoms with Crippen LogP contribution in [0, 0.1) is 0 Å². The van der Waals surface area contributed by atoms with E-state index >= 15 is 0 Å². The number of aromatic nitrogens is 1. The SMILES string of the molecule is CN=C(NCc1ccc(N2CCCC2)nc1)N1CCN(c2cccc(Cl)c2)CC1. The van der Waals surface area contributed by atoms with Gasteiger partial charge in [-0.3, -0.25) is 4.99 Å². The van der Waals surface area contributed by atoms with E-state index in [0.29, 0.717) is 0 Å². The molecule has 1 aromatic carbocycles. The van der Waals surface area contributed by atoms with E-state index in [0.717, 1.165) is 62.6 Å². The normalized spacial score (nSPS) is 17.7. The number of halogens is 1. The number of guanidine groups is 1. The molecule has 3 heterocycles. The first-order valence-electron chi connectivity index (χ1n) is 10.4. The Hall–Kier alpha value is -2.47. The highest BCUT2D eigenvalue weighted by Gasteiger charge is 2.20. The molecule has 1 aromatic heterocycles. The number of nitrogens with one attached hydrogen (secondary N) is 1. The van der Waals surface area contributed by atoms with Crippen molar-refractivity contribution in [3.63, 3.8) is 0 Å². The summed E-state index contributed by atoms with van der Waals surface area (Å²) in [7, 11) is 1.85. The summed E-state index contributed by atoms with van der Waals surface area (Å²) < 4.78 is 0. The molecule has 2 aliphatic rings. The molecule has 4 rings (SSSR count). The Morgan fingerprint density at radius 2 is 1.83 bits per heavy atom. The molecule has 1 N–H and O–H groups in total. The number of rotatable bonds is 4. The summed E-state index contributed by atoms with van der Waals surface area (Å²) in [6, 6.07) is 12.4. The Morgan fingerprint density at radius 3 is 2.48 bits per heavy atom. The number of hydrogen-bond acceptors (Lipinski definition) is 4. The fourth-order valence-electron chi connectivity index (χ4n) is 4.02. The molecule has 2 saturated heterocycles. The molecule has 0 amide bonds. The highest BCUT2D eigenvalue weighted by atomic mass is 35.5. The van der Waals surface area contributed by atoms with Crippen LogP contribution in [-0.2, 0) is 6.54 Å². The van der Waals surface area contributed by atoms with Crippen molar-refractivity contribution in [2.45, 2.75) is 19.4 Å². The molecule has 0 saturated carbocycles. The van der Waals surface area contributed by atoms with Gasteiger partial charge in [0.1, 0.15) is 5.82 Å². The second-order valence-electron chi connectivity index (χ2n) is 7.57. The van der Waals surface area contributed by atoms with Gasteiger partial charge in [0.25, 0.3) is 0 Å². The van der Waals surface area contributed by atoms with E-state index in [1.54, 1.807) is 0 Å². The summed E-state index contributed by atoms with van der Waals surface area (Å²) in [5.74, 6) is 2.03. The maximum absolute atomic E-state index is 6.14. The zero-order valence-corrected chi connectivity index (χ0v) is 17.8. The van der Waals surface area contributed by atoms with Crippen molar-refractivity contribution in [3.05, 3.63) is 53.2 Å². The van der Waals surface area contributed by atoms with Crippen LogP contribution in [0.2, 0.25) is 5.02 Å². The molecule has 2 aromatic rings. The number of pyridine rings is 1. The van der Waals surface area contributed by atoms with E-state index in [4.69, 9.17) is 11.6 Å². The van der Waals surface area contributed by atoms with Gasteiger partial charge >= 0.3 is 0 Å². The van der Waals surface area contributed by atoms with Crippen molar-refractivity contribution in [2.75, 3.05) is 56.1 Å². The monoisotopic (exact) mass is 412 g/mol. The molecule has 154 valence electrons. The third kappa shape index (κ3) is 4.93. The van der Waals surface area contributed by atoms with Gasteiger partial charge in [0.2, 0.25) is 0 Å². The van der Waals surface area contributed by atoms with Gasteiger partial charge in [-0.05, 0) is 42.7 Å². The Bertz CT molecular complexity index is 823. The molecule has 29 heavy (non-hydrogen) atoms. The maximum Gasteiger partial charge on any atom is 0.194 e. The van der Waals surface area contributed by atoms with Gasteiger partial charge in [0.05, 0.1) is 0 Å². The van der Waals surface area contributed by atoms with Crippen LogP contribution in [0.4, 0.5) is 11.5 Å². The van der Waals surface area contributed by atoms with Crippen LogP contribution in [-0.4, -0.2) is 62.2 Å². The molecule has 0 aliphatic carbocycles. The van der Waals surface area contributed by atoms with Crippen LogP contribution < -0.4 is 15.1 Å². The quantitative estimate of drug-likeness (QED) is 0.617. The molecule has 0 radical (unpaired) electrons. The summed E-state index contributed by atoms with van der Waals surface area (Å²) in [6.45, 7) is 6.74. The lowest BCUT2D eigenvalue weighted by molar-refractivity contribution is 0.372. The van der Waals surface area contributed by atoms with Crippen LogP contribution >= 0.6 is 11.6 Å². The van der Waals surface area contributed by atoms with Gasteiger partial charge in [-0.15, -0.1) is 0 Å². The second kappa shape index (κ2) is 9.35. The lowest BCUT2D eigenvalue weighted by atomic mass is 10.2. The second-order valence-corrected chi connectivity index (χ2v) is 8.01. The molecule has 2 aliphatic heterocycles. The fourth-order valence-corrected chi connectivity index (χ4v) is 4.20. The molecule has 0 spiro atoms. The van der Waals surface area contributed by atoms with Crippen LogP contribution in [0.25, 0.3) is 0 Å². The van der Waals surface area contributed by atoms with E-state index in [2.05, 4.69) is 48.2 Å². The summed E-state index contributed by atoms with van der Waals surface area (Å²) in [5.41, 5.74) is 2.36. The standard InChI is InChI=1S/C22H29ClN6/c1-24-22(26-17-18-7-8-21(25-16-18)28-9-2-3-10-28)29-13-11-27(12-14-29)20-6-4-5-19(23)15-20/h4-8,15-16H,2-3,9-14,17H2,1H3,(H,24,26). The van der Waals surface area contributed by atoms with Crippen LogP contribution in [0.15, 0.2) is 47.6 Å². The predicted molar refractivity (Wildman–Crippen MR) is 121 cm³/mol. The zero-order chi connectivity index (χ0) is 20.1. The molecule has 7 heteroatoms. The number of benzene rings is 1. The molecule has 0 bridgehead atoms. The van der Waals surface area contributed by atoms with E-state index in [-0.39, 0.29) is 0 Å². The van der Waals surface area contributed by atoms with Crippen molar-refractivity contribution < 1.29 is 0 Å². The number of nitrogens with zero attached hydrogens (tertiary/aromatic N) is 5. The molecule has 0 unspecified atom stereocenters. The minimum atomic E-state index is 0.731. The van der Waals surface area contributed by atoms with Crippen molar-refractivity contribution in [2.24, 2.45) is 4.99 Å². The average molecular weight is 413 g/mol. The number of piperazine rings is 1. The fraction of sp³-hybridized carbons (Fsp3) is 0.455. The summed E-state index contributed by atoms with van der Waals surface area (Å²) in [6.07, 6.45) is 4.52. The van der Waals surface area contributed by atoms with Crippen molar-refractivity contribution in [3.8, 4) is 0 Å². The Balaban J connectivity index is 1.28. The molecule has 2 fully saturated rings. The van der Waals surface area contributed by atoms with Crippen LogP contribution in [0.5, 0.6) is 0 Å². The number of aliphatic imine (C=N–C) groups is 1. The number of hydrogen-bond donors (Lipinski definition) is 1. The largest absolute Gasteiger partial charge is 0.368 e. The van der Waals surface area contributed by atoms with Gasteiger partial charge in [-0.1, -0.05) is 23.7 Å². The lowest BCUT2D eigenvalue weighted by Crippen LogP contribution is -2.52. The summed E-state index contributed by atoms with van der Waals surface area (Å²) in [4.78, 5) is 16.2. The summed E-state index contributed by atoms with van der Waals surface area (Å²) >= 11 is 6.14. The minimum Gasteiger partial charge on any atom is -0.368 e.